The number of quaternary nitrogens is 1. The van der Waals surface area contributed by atoms with Crippen LogP contribution in [0, 0.1) is 0 Å². The average Bonchev–Trinajstić information content (AvgIpc) is 1.86. The Morgan fingerprint density at radius 2 is 1.83 bits per heavy atom. The number of aldehydes is 1. The molecule has 0 bridgehead atoms. The molecule has 4 heteroatoms. The van der Waals surface area contributed by atoms with Gasteiger partial charge in [-0.25, -0.2) is 0 Å². The smallest absolute Gasteiger partial charge is 0.161 e. The van der Waals surface area contributed by atoms with Crippen molar-refractivity contribution in [2.24, 2.45) is 0 Å². The number of hydrogen-bond acceptors (Lipinski definition) is 2. The summed E-state index contributed by atoms with van der Waals surface area (Å²) in [5, 5.41) is 9.27. The van der Waals surface area contributed by atoms with Crippen molar-refractivity contribution in [3.05, 3.63) is 0 Å². The molecule has 0 fully saturated rings. The zero-order valence-electron chi connectivity index (χ0n) is 8.12. The van der Waals surface area contributed by atoms with E-state index < -0.39 is 6.10 Å². The molecule has 0 aromatic carbocycles. The van der Waals surface area contributed by atoms with Crippen LogP contribution in [0.15, 0.2) is 0 Å². The average molecular weight is 196 g/mol. The number of nitrogens with zero attached hydrogens (tertiary/aromatic N) is 1. The van der Waals surface area contributed by atoms with Crippen LogP contribution in [0.1, 0.15) is 13.3 Å². The Hall–Kier alpha value is -0.120. The van der Waals surface area contributed by atoms with Crippen molar-refractivity contribution in [3.63, 3.8) is 0 Å². The summed E-state index contributed by atoms with van der Waals surface area (Å²) in [5.41, 5.74) is 0. The monoisotopic (exact) mass is 195 g/mol. The van der Waals surface area contributed by atoms with E-state index in [-0.39, 0.29) is 18.4 Å². The van der Waals surface area contributed by atoms with Crippen LogP contribution in [-0.2, 0) is 4.79 Å². The van der Waals surface area contributed by atoms with Crippen molar-refractivity contribution in [2.45, 2.75) is 25.5 Å². The van der Waals surface area contributed by atoms with Crippen molar-refractivity contribution in [1.82, 2.24) is 0 Å². The molecule has 0 radical (unpaired) electrons. The molecular formula is C8H18ClNO2. The van der Waals surface area contributed by atoms with E-state index in [9.17, 15) is 9.90 Å². The van der Waals surface area contributed by atoms with Crippen LogP contribution in [0.4, 0.5) is 0 Å². The molecule has 0 saturated carbocycles. The van der Waals surface area contributed by atoms with Crippen molar-refractivity contribution >= 4 is 6.29 Å². The lowest BCUT2D eigenvalue weighted by Crippen LogP contribution is -3.00. The molecule has 0 aliphatic heterocycles. The highest BCUT2D eigenvalue weighted by Gasteiger charge is 2.28. The second-order valence-corrected chi connectivity index (χ2v) is 3.72. The maximum Gasteiger partial charge on any atom is 0.161 e. The van der Waals surface area contributed by atoms with Gasteiger partial charge in [0.15, 0.2) is 12.4 Å². The van der Waals surface area contributed by atoms with E-state index in [1.807, 2.05) is 28.1 Å². The van der Waals surface area contributed by atoms with Crippen LogP contribution in [0.2, 0.25) is 0 Å². The van der Waals surface area contributed by atoms with Crippen LogP contribution in [0.25, 0.3) is 0 Å². The molecule has 0 rings (SSSR count). The molecule has 12 heavy (non-hydrogen) atoms. The number of carbonyl (C=O) groups is 1. The predicted octanol–water partition coefficient (Wildman–Crippen LogP) is -2.96. The molecule has 0 heterocycles. The van der Waals surface area contributed by atoms with Crippen molar-refractivity contribution < 1.29 is 26.8 Å². The third-order valence-electron chi connectivity index (χ3n) is 1.95. The molecule has 0 aliphatic carbocycles. The maximum absolute atomic E-state index is 10.3. The van der Waals surface area contributed by atoms with Gasteiger partial charge in [0.2, 0.25) is 0 Å². The summed E-state index contributed by atoms with van der Waals surface area (Å²) in [6.07, 6.45) is 0.584. The molecule has 2 atom stereocenters. The summed E-state index contributed by atoms with van der Waals surface area (Å²) in [5.74, 6) is 0. The van der Waals surface area contributed by atoms with Gasteiger partial charge < -0.3 is 26.8 Å². The minimum absolute atomic E-state index is 0. The van der Waals surface area contributed by atoms with E-state index in [1.54, 1.807) is 0 Å². The Kier molecular flexibility index (Phi) is 6.62. The Morgan fingerprint density at radius 1 is 1.42 bits per heavy atom. The highest BCUT2D eigenvalue weighted by Crippen LogP contribution is 2.10. The first-order valence-corrected chi connectivity index (χ1v) is 3.88. The van der Waals surface area contributed by atoms with E-state index in [0.29, 0.717) is 10.8 Å². The van der Waals surface area contributed by atoms with Gasteiger partial charge in [-0.05, 0) is 6.42 Å². The summed E-state index contributed by atoms with van der Waals surface area (Å²) in [6, 6.07) is 0.00694. The van der Waals surface area contributed by atoms with E-state index in [1.165, 1.54) is 0 Å². The fraction of sp³-hybridized carbons (Fsp3) is 0.875. The highest BCUT2D eigenvalue weighted by molar-refractivity contribution is 5.56. The second kappa shape index (κ2) is 5.51. The van der Waals surface area contributed by atoms with E-state index in [4.69, 9.17) is 0 Å². The zero-order valence-corrected chi connectivity index (χ0v) is 8.88. The number of aliphatic hydroxyl groups excluding tert-OH is 1. The first-order chi connectivity index (χ1) is 4.93. The molecule has 0 saturated heterocycles. The van der Waals surface area contributed by atoms with Gasteiger partial charge in [0.05, 0.1) is 21.1 Å². The SMILES string of the molecule is CCC(C(O)C=O)[N+](C)(C)C.[Cl-]. The maximum atomic E-state index is 10.3. The molecular weight excluding hydrogens is 178 g/mol. The summed E-state index contributed by atoms with van der Waals surface area (Å²) in [4.78, 5) is 10.3. The summed E-state index contributed by atoms with van der Waals surface area (Å²) >= 11 is 0. The van der Waals surface area contributed by atoms with Gasteiger partial charge in [-0.1, -0.05) is 6.92 Å². The van der Waals surface area contributed by atoms with Gasteiger partial charge in [-0.3, -0.25) is 0 Å². The Morgan fingerprint density at radius 3 is 1.92 bits per heavy atom. The van der Waals surface area contributed by atoms with Gasteiger partial charge in [0, 0.05) is 0 Å². The number of halogens is 1. The third-order valence-corrected chi connectivity index (χ3v) is 1.95. The van der Waals surface area contributed by atoms with Crippen LogP contribution < -0.4 is 12.4 Å². The minimum Gasteiger partial charge on any atom is -1.00 e. The summed E-state index contributed by atoms with van der Waals surface area (Å²) in [6.45, 7) is 1.97. The molecule has 0 aromatic rings. The largest absolute Gasteiger partial charge is 1.00 e. The Labute approximate surface area is 80.4 Å². The van der Waals surface area contributed by atoms with E-state index >= 15 is 0 Å². The lowest BCUT2D eigenvalue weighted by Gasteiger charge is -2.34. The number of likely N-dealkylation sites (N-methyl/N-ethyl adjacent to an activating group) is 1. The van der Waals surface area contributed by atoms with Crippen LogP contribution >= 0.6 is 0 Å². The van der Waals surface area contributed by atoms with Crippen molar-refractivity contribution in [3.8, 4) is 0 Å². The van der Waals surface area contributed by atoms with Gasteiger partial charge in [-0.15, -0.1) is 0 Å². The van der Waals surface area contributed by atoms with Gasteiger partial charge in [0.1, 0.15) is 6.04 Å². The standard InChI is InChI=1S/C8H18NO2.ClH/c1-5-7(8(11)6-10)9(2,3)4;/h6-8,11H,5H2,1-4H3;1H/q+1;/p-1. The topological polar surface area (TPSA) is 37.3 Å². The van der Waals surface area contributed by atoms with Crippen molar-refractivity contribution in [1.29, 1.82) is 0 Å². The lowest BCUT2D eigenvalue weighted by atomic mass is 10.1. The molecule has 0 aromatic heterocycles. The molecule has 74 valence electrons. The van der Waals surface area contributed by atoms with Crippen LogP contribution in [0.3, 0.4) is 0 Å². The number of hydrogen-bond donors (Lipinski definition) is 1. The Balaban J connectivity index is 0. The lowest BCUT2D eigenvalue weighted by molar-refractivity contribution is -0.898. The first-order valence-electron chi connectivity index (χ1n) is 3.88. The third kappa shape index (κ3) is 4.04. The summed E-state index contributed by atoms with van der Waals surface area (Å²) in [7, 11) is 5.92. The Bertz CT molecular complexity index is 134. The molecule has 2 unspecified atom stereocenters. The van der Waals surface area contributed by atoms with E-state index in [0.717, 1.165) is 6.42 Å². The molecule has 3 nitrogen and oxygen atoms in total. The zero-order chi connectivity index (χ0) is 9.07. The fourth-order valence-electron chi connectivity index (χ4n) is 1.34. The molecule has 0 amide bonds. The molecule has 0 spiro atoms. The van der Waals surface area contributed by atoms with Gasteiger partial charge >= 0.3 is 0 Å². The van der Waals surface area contributed by atoms with Crippen molar-refractivity contribution in [2.75, 3.05) is 21.1 Å². The molecule has 0 aliphatic rings. The second-order valence-electron chi connectivity index (χ2n) is 3.72. The first kappa shape index (κ1) is 14.4. The quantitative estimate of drug-likeness (QED) is 0.385. The number of aliphatic hydroxyl groups is 1. The number of rotatable bonds is 4. The normalized spacial score (nSPS) is 16.1. The van der Waals surface area contributed by atoms with Gasteiger partial charge in [-0.2, -0.15) is 0 Å². The van der Waals surface area contributed by atoms with E-state index in [2.05, 4.69) is 0 Å². The van der Waals surface area contributed by atoms with Crippen LogP contribution in [-0.4, -0.2) is 49.2 Å². The van der Waals surface area contributed by atoms with Crippen LogP contribution in [0.5, 0.6) is 0 Å². The minimum atomic E-state index is -0.833. The fourth-order valence-corrected chi connectivity index (χ4v) is 1.34. The highest BCUT2D eigenvalue weighted by atomic mass is 35.5. The summed E-state index contributed by atoms with van der Waals surface area (Å²) < 4.78 is 0.621. The predicted molar refractivity (Wildman–Crippen MR) is 44.2 cm³/mol. The number of carbonyl (C=O) groups excluding carboxylic acids is 1. The molecule has 1 N–H and O–H groups in total. The van der Waals surface area contributed by atoms with Gasteiger partial charge in [0.25, 0.3) is 0 Å².